The number of anilines is 2. The fourth-order valence-electron chi connectivity index (χ4n) is 1.67. The van der Waals surface area contributed by atoms with Crippen LogP contribution in [-0.4, -0.2) is 23.9 Å². The molecular formula is C11H13N5O3S. The summed E-state index contributed by atoms with van der Waals surface area (Å²) in [7, 11) is -2.33. The standard InChI is InChI=1S/C11H13N5O3S/c1-16-6-14-9(12)11(16)20(18,19)15-8-4-2-7(3-5-8)10(13)17/h2-6,15H,12H2,1H3,(H2,13,17). The van der Waals surface area contributed by atoms with Gasteiger partial charge >= 0.3 is 0 Å². The molecule has 9 heteroatoms. The molecule has 0 aliphatic rings. The van der Waals surface area contributed by atoms with Crippen LogP contribution in [0.2, 0.25) is 0 Å². The lowest BCUT2D eigenvalue weighted by atomic mass is 10.2. The number of aryl methyl sites for hydroxylation is 1. The molecule has 0 saturated heterocycles. The second-order valence-electron chi connectivity index (χ2n) is 4.09. The smallest absolute Gasteiger partial charge is 0.281 e. The van der Waals surface area contributed by atoms with E-state index in [1.54, 1.807) is 0 Å². The molecule has 5 N–H and O–H groups in total. The molecule has 8 nitrogen and oxygen atoms in total. The summed E-state index contributed by atoms with van der Waals surface area (Å²) in [6.07, 6.45) is 1.31. The fourth-order valence-corrected chi connectivity index (χ4v) is 2.97. The predicted octanol–water partition coefficient (Wildman–Crippen LogP) is -0.0980. The van der Waals surface area contributed by atoms with Gasteiger partial charge in [0.2, 0.25) is 5.91 Å². The summed E-state index contributed by atoms with van der Waals surface area (Å²) in [5.74, 6) is -0.677. The quantitative estimate of drug-likeness (QED) is 0.724. The minimum Gasteiger partial charge on any atom is -0.381 e. The largest absolute Gasteiger partial charge is 0.381 e. The van der Waals surface area contributed by atoms with Crippen LogP contribution < -0.4 is 16.2 Å². The lowest BCUT2D eigenvalue weighted by Gasteiger charge is -2.09. The first kappa shape index (κ1) is 13.9. The number of rotatable bonds is 4. The van der Waals surface area contributed by atoms with E-state index in [9.17, 15) is 13.2 Å². The van der Waals surface area contributed by atoms with Crippen molar-refractivity contribution in [2.24, 2.45) is 12.8 Å². The van der Waals surface area contributed by atoms with Crippen LogP contribution >= 0.6 is 0 Å². The minimum atomic E-state index is -3.86. The van der Waals surface area contributed by atoms with Gasteiger partial charge in [0.25, 0.3) is 10.0 Å². The van der Waals surface area contributed by atoms with Crippen LogP contribution in [0.25, 0.3) is 0 Å². The highest BCUT2D eigenvalue weighted by Gasteiger charge is 2.22. The average Bonchev–Trinajstić information content (AvgIpc) is 2.69. The number of hydrogen-bond donors (Lipinski definition) is 3. The maximum Gasteiger partial charge on any atom is 0.281 e. The summed E-state index contributed by atoms with van der Waals surface area (Å²) in [5.41, 5.74) is 11.2. The Kier molecular flexibility index (Phi) is 3.36. The molecule has 1 amide bonds. The van der Waals surface area contributed by atoms with Crippen molar-refractivity contribution in [2.45, 2.75) is 5.03 Å². The number of nitrogens with zero attached hydrogens (tertiary/aromatic N) is 2. The van der Waals surface area contributed by atoms with Gasteiger partial charge in [-0.05, 0) is 24.3 Å². The van der Waals surface area contributed by atoms with Crippen molar-refractivity contribution in [2.75, 3.05) is 10.5 Å². The Morgan fingerprint density at radius 2 is 1.90 bits per heavy atom. The van der Waals surface area contributed by atoms with Gasteiger partial charge in [-0.3, -0.25) is 9.52 Å². The van der Waals surface area contributed by atoms with Gasteiger partial charge in [0.15, 0.2) is 10.8 Å². The van der Waals surface area contributed by atoms with E-state index in [1.165, 1.54) is 42.2 Å². The predicted molar refractivity (Wildman–Crippen MR) is 73.4 cm³/mol. The van der Waals surface area contributed by atoms with Crippen molar-refractivity contribution in [1.29, 1.82) is 0 Å². The topological polar surface area (TPSA) is 133 Å². The molecule has 1 aromatic heterocycles. The van der Waals surface area contributed by atoms with Gasteiger partial charge in [0, 0.05) is 18.3 Å². The molecule has 0 spiro atoms. The van der Waals surface area contributed by atoms with Crippen molar-refractivity contribution in [3.8, 4) is 0 Å². The molecule has 2 rings (SSSR count). The lowest BCUT2D eigenvalue weighted by molar-refractivity contribution is 0.100. The van der Waals surface area contributed by atoms with E-state index < -0.39 is 15.9 Å². The highest BCUT2D eigenvalue weighted by Crippen LogP contribution is 2.20. The lowest BCUT2D eigenvalue weighted by Crippen LogP contribution is -2.18. The van der Waals surface area contributed by atoms with Gasteiger partial charge in [-0.1, -0.05) is 0 Å². The fraction of sp³-hybridized carbons (Fsp3) is 0.0909. The van der Waals surface area contributed by atoms with Crippen molar-refractivity contribution < 1.29 is 13.2 Å². The molecule has 0 saturated carbocycles. The highest BCUT2D eigenvalue weighted by atomic mass is 32.2. The van der Waals surface area contributed by atoms with E-state index in [1.807, 2.05) is 0 Å². The molecule has 1 heterocycles. The van der Waals surface area contributed by atoms with E-state index in [0.717, 1.165) is 0 Å². The molecule has 0 aliphatic heterocycles. The summed E-state index contributed by atoms with van der Waals surface area (Å²) in [4.78, 5) is 14.7. The number of sulfonamides is 1. The van der Waals surface area contributed by atoms with Gasteiger partial charge in [-0.15, -0.1) is 0 Å². The molecular weight excluding hydrogens is 282 g/mol. The first-order valence-electron chi connectivity index (χ1n) is 5.51. The number of carbonyl (C=O) groups is 1. The molecule has 0 aliphatic carbocycles. The molecule has 0 atom stereocenters. The number of amides is 1. The number of benzene rings is 1. The zero-order valence-electron chi connectivity index (χ0n) is 10.6. The van der Waals surface area contributed by atoms with Crippen LogP contribution in [0.5, 0.6) is 0 Å². The Balaban J connectivity index is 2.31. The number of nitrogens with two attached hydrogens (primary N) is 2. The van der Waals surface area contributed by atoms with E-state index >= 15 is 0 Å². The van der Waals surface area contributed by atoms with Crippen molar-refractivity contribution >= 4 is 27.4 Å². The summed E-state index contributed by atoms with van der Waals surface area (Å²) >= 11 is 0. The zero-order valence-corrected chi connectivity index (χ0v) is 11.4. The molecule has 0 bridgehead atoms. The third-order valence-electron chi connectivity index (χ3n) is 2.59. The molecule has 0 radical (unpaired) electrons. The molecule has 1 aromatic carbocycles. The maximum atomic E-state index is 12.2. The average molecular weight is 295 g/mol. The van der Waals surface area contributed by atoms with Gasteiger partial charge in [0.05, 0.1) is 6.33 Å². The number of primary amides is 1. The Morgan fingerprint density at radius 3 is 2.35 bits per heavy atom. The normalized spacial score (nSPS) is 11.2. The van der Waals surface area contributed by atoms with Crippen LogP contribution in [0.4, 0.5) is 11.5 Å². The van der Waals surface area contributed by atoms with Crippen molar-refractivity contribution in [3.05, 3.63) is 36.2 Å². The summed E-state index contributed by atoms with van der Waals surface area (Å²) in [5, 5.41) is -0.128. The van der Waals surface area contributed by atoms with E-state index in [4.69, 9.17) is 11.5 Å². The third-order valence-corrected chi connectivity index (χ3v) is 4.10. The van der Waals surface area contributed by atoms with Crippen LogP contribution in [-0.2, 0) is 17.1 Å². The van der Waals surface area contributed by atoms with E-state index in [-0.39, 0.29) is 22.1 Å². The van der Waals surface area contributed by atoms with Gasteiger partial charge in [-0.25, -0.2) is 4.98 Å². The number of aromatic nitrogens is 2. The summed E-state index contributed by atoms with van der Waals surface area (Å²) < 4.78 is 28.0. The molecule has 0 fully saturated rings. The molecule has 106 valence electrons. The van der Waals surface area contributed by atoms with E-state index in [2.05, 4.69) is 9.71 Å². The van der Waals surface area contributed by atoms with Gasteiger partial charge in [0.1, 0.15) is 0 Å². The highest BCUT2D eigenvalue weighted by molar-refractivity contribution is 7.92. The van der Waals surface area contributed by atoms with Crippen molar-refractivity contribution in [3.63, 3.8) is 0 Å². The summed E-state index contributed by atoms with van der Waals surface area (Å²) in [6.45, 7) is 0. The second-order valence-corrected chi connectivity index (χ2v) is 5.69. The van der Waals surface area contributed by atoms with Gasteiger partial charge < -0.3 is 16.0 Å². The van der Waals surface area contributed by atoms with Crippen LogP contribution in [0.1, 0.15) is 10.4 Å². The first-order chi connectivity index (χ1) is 9.31. The van der Waals surface area contributed by atoms with E-state index in [0.29, 0.717) is 0 Å². The number of hydrogen-bond acceptors (Lipinski definition) is 5. The van der Waals surface area contributed by atoms with Crippen LogP contribution in [0.3, 0.4) is 0 Å². The number of imidazole rings is 1. The third kappa shape index (κ3) is 2.57. The number of carbonyl (C=O) groups excluding carboxylic acids is 1. The number of nitrogens with one attached hydrogen (secondary N) is 1. The minimum absolute atomic E-state index is 0.0891. The Morgan fingerprint density at radius 1 is 1.30 bits per heavy atom. The monoisotopic (exact) mass is 295 g/mol. The Hall–Kier alpha value is -2.55. The molecule has 0 unspecified atom stereocenters. The van der Waals surface area contributed by atoms with Crippen LogP contribution in [0, 0.1) is 0 Å². The van der Waals surface area contributed by atoms with Crippen molar-refractivity contribution in [1.82, 2.24) is 9.55 Å². The van der Waals surface area contributed by atoms with Crippen LogP contribution in [0.15, 0.2) is 35.6 Å². The zero-order chi connectivity index (χ0) is 14.9. The maximum absolute atomic E-state index is 12.2. The Labute approximate surface area is 115 Å². The van der Waals surface area contributed by atoms with Gasteiger partial charge in [-0.2, -0.15) is 8.42 Å². The first-order valence-corrected chi connectivity index (χ1v) is 6.99. The second kappa shape index (κ2) is 4.85. The Bertz CT molecular complexity index is 729. The number of nitrogen functional groups attached to an aromatic ring is 1. The summed E-state index contributed by atoms with van der Waals surface area (Å²) in [6, 6.07) is 5.72. The SMILES string of the molecule is Cn1cnc(N)c1S(=O)(=O)Nc1ccc(C(N)=O)cc1. The molecule has 20 heavy (non-hydrogen) atoms. The molecule has 2 aromatic rings.